The summed E-state index contributed by atoms with van der Waals surface area (Å²) in [5.41, 5.74) is 6.27. The first-order valence-electron chi connectivity index (χ1n) is 10.5. The maximum atomic E-state index is 12.6. The standard InChI is InChI=1S/C26H26N2O4/c1-28(2)18-13-11-17(12-14-18)24(15-25(29)30)27-26(31)32-16-23-21-9-5-3-7-19(21)20-8-4-6-10-22(20)23/h3-14,23-24H,15-16H2,1-2H3,(H,27,31)(H,29,30)/t24-/m1/s1. The van der Waals surface area contributed by atoms with Crippen molar-refractivity contribution in [3.05, 3.63) is 89.5 Å². The van der Waals surface area contributed by atoms with Crippen LogP contribution in [0.1, 0.15) is 35.1 Å². The number of carbonyl (C=O) groups excluding carboxylic acids is 1. The van der Waals surface area contributed by atoms with Crippen molar-refractivity contribution in [2.24, 2.45) is 0 Å². The second kappa shape index (κ2) is 9.14. The molecule has 6 heteroatoms. The number of carboxylic acids is 1. The van der Waals surface area contributed by atoms with Crippen LogP contribution in [0.25, 0.3) is 11.1 Å². The van der Waals surface area contributed by atoms with Gasteiger partial charge in [0, 0.05) is 25.7 Å². The fourth-order valence-corrected chi connectivity index (χ4v) is 4.21. The van der Waals surface area contributed by atoms with Gasteiger partial charge in [-0.3, -0.25) is 4.79 Å². The van der Waals surface area contributed by atoms with E-state index in [2.05, 4.69) is 29.6 Å². The van der Waals surface area contributed by atoms with Gasteiger partial charge in [-0.1, -0.05) is 60.7 Å². The maximum Gasteiger partial charge on any atom is 0.407 e. The Morgan fingerprint density at radius 3 is 2.03 bits per heavy atom. The summed E-state index contributed by atoms with van der Waals surface area (Å²) in [5, 5.41) is 12.1. The number of rotatable bonds is 7. The molecule has 6 nitrogen and oxygen atoms in total. The Morgan fingerprint density at radius 2 is 1.50 bits per heavy atom. The number of carboxylic acid groups (broad SMARTS) is 1. The summed E-state index contributed by atoms with van der Waals surface area (Å²) in [6, 6.07) is 23.0. The molecule has 3 aromatic rings. The van der Waals surface area contributed by atoms with E-state index in [1.54, 1.807) is 0 Å². The molecule has 32 heavy (non-hydrogen) atoms. The van der Waals surface area contributed by atoms with Gasteiger partial charge in [-0.05, 0) is 39.9 Å². The molecule has 0 spiro atoms. The lowest BCUT2D eigenvalue weighted by Gasteiger charge is -2.20. The van der Waals surface area contributed by atoms with Gasteiger partial charge in [0.1, 0.15) is 6.61 Å². The van der Waals surface area contributed by atoms with Crippen LogP contribution in [0.5, 0.6) is 0 Å². The molecular formula is C26H26N2O4. The number of hydrogen-bond acceptors (Lipinski definition) is 4. The lowest BCUT2D eigenvalue weighted by molar-refractivity contribution is -0.137. The first kappa shape index (κ1) is 21.4. The van der Waals surface area contributed by atoms with Crippen LogP contribution in [0.15, 0.2) is 72.8 Å². The van der Waals surface area contributed by atoms with Crippen molar-refractivity contribution >= 4 is 17.7 Å². The summed E-state index contributed by atoms with van der Waals surface area (Å²) >= 11 is 0. The summed E-state index contributed by atoms with van der Waals surface area (Å²) in [6.45, 7) is 0.180. The van der Waals surface area contributed by atoms with Gasteiger partial charge in [-0.2, -0.15) is 0 Å². The zero-order valence-corrected chi connectivity index (χ0v) is 18.1. The van der Waals surface area contributed by atoms with Crippen molar-refractivity contribution in [3.8, 4) is 11.1 Å². The molecule has 164 valence electrons. The van der Waals surface area contributed by atoms with Crippen molar-refractivity contribution in [2.45, 2.75) is 18.4 Å². The molecule has 3 aromatic carbocycles. The number of amides is 1. The predicted molar refractivity (Wildman–Crippen MR) is 124 cm³/mol. The summed E-state index contributed by atoms with van der Waals surface area (Å²) in [6.07, 6.45) is -0.860. The Hall–Kier alpha value is -3.80. The van der Waals surface area contributed by atoms with E-state index in [0.29, 0.717) is 5.56 Å². The van der Waals surface area contributed by atoms with E-state index < -0.39 is 18.1 Å². The third-order valence-electron chi connectivity index (χ3n) is 5.83. The Labute approximate surface area is 187 Å². The number of alkyl carbamates (subject to hydrolysis) is 1. The molecule has 4 rings (SSSR count). The number of carbonyl (C=O) groups is 2. The molecule has 1 aliphatic carbocycles. The predicted octanol–water partition coefficient (Wildman–Crippen LogP) is 4.81. The van der Waals surface area contributed by atoms with Crippen LogP contribution < -0.4 is 10.2 Å². The van der Waals surface area contributed by atoms with Gasteiger partial charge in [-0.25, -0.2) is 4.79 Å². The van der Waals surface area contributed by atoms with Gasteiger partial charge >= 0.3 is 12.1 Å². The maximum absolute atomic E-state index is 12.6. The van der Waals surface area contributed by atoms with Gasteiger partial charge in [0.25, 0.3) is 0 Å². The smallest absolute Gasteiger partial charge is 0.407 e. The van der Waals surface area contributed by atoms with E-state index >= 15 is 0 Å². The summed E-state index contributed by atoms with van der Waals surface area (Å²) in [4.78, 5) is 26.0. The van der Waals surface area contributed by atoms with Crippen molar-refractivity contribution in [2.75, 3.05) is 25.6 Å². The Bertz CT molecular complexity index is 1080. The Morgan fingerprint density at radius 1 is 0.938 bits per heavy atom. The monoisotopic (exact) mass is 430 g/mol. The zero-order chi connectivity index (χ0) is 22.7. The molecule has 1 amide bonds. The third kappa shape index (κ3) is 4.44. The summed E-state index contributed by atoms with van der Waals surface area (Å²) in [5.74, 6) is -1.05. The van der Waals surface area contributed by atoms with Crippen molar-refractivity contribution in [1.82, 2.24) is 5.32 Å². The SMILES string of the molecule is CN(C)c1ccc([C@@H](CC(=O)O)NC(=O)OCC2c3ccccc3-c3ccccc32)cc1. The van der Waals surface area contributed by atoms with Crippen LogP contribution >= 0.6 is 0 Å². The number of hydrogen-bond donors (Lipinski definition) is 2. The zero-order valence-electron chi connectivity index (χ0n) is 18.1. The third-order valence-corrected chi connectivity index (χ3v) is 5.83. The van der Waals surface area contributed by atoms with Gasteiger partial charge in [0.05, 0.1) is 12.5 Å². The number of aliphatic carboxylic acids is 1. The highest BCUT2D eigenvalue weighted by atomic mass is 16.5. The minimum atomic E-state index is -0.995. The lowest BCUT2D eigenvalue weighted by Crippen LogP contribution is -2.31. The minimum absolute atomic E-state index is 0.0505. The number of benzene rings is 3. The van der Waals surface area contributed by atoms with E-state index in [9.17, 15) is 14.7 Å². The molecule has 0 aliphatic heterocycles. The number of anilines is 1. The quantitative estimate of drug-likeness (QED) is 0.563. The van der Waals surface area contributed by atoms with E-state index in [1.807, 2.05) is 67.5 Å². The first-order chi connectivity index (χ1) is 15.4. The van der Waals surface area contributed by atoms with Crippen LogP contribution in [0.2, 0.25) is 0 Å². The molecule has 0 fully saturated rings. The van der Waals surface area contributed by atoms with Crippen LogP contribution in [-0.2, 0) is 9.53 Å². The highest BCUT2D eigenvalue weighted by Gasteiger charge is 2.29. The molecule has 1 atom stereocenters. The van der Waals surface area contributed by atoms with Crippen molar-refractivity contribution in [3.63, 3.8) is 0 Å². The van der Waals surface area contributed by atoms with Gasteiger partial charge in [-0.15, -0.1) is 0 Å². The van der Waals surface area contributed by atoms with Crippen molar-refractivity contribution in [1.29, 1.82) is 0 Å². The Balaban J connectivity index is 1.46. The first-order valence-corrected chi connectivity index (χ1v) is 10.5. The second-order valence-corrected chi connectivity index (χ2v) is 8.11. The van der Waals surface area contributed by atoms with Gasteiger partial charge < -0.3 is 20.1 Å². The largest absolute Gasteiger partial charge is 0.481 e. The molecule has 0 aromatic heterocycles. The summed E-state index contributed by atoms with van der Waals surface area (Å²) in [7, 11) is 3.86. The molecule has 0 bridgehead atoms. The van der Waals surface area contributed by atoms with Crippen LogP contribution in [-0.4, -0.2) is 37.9 Å². The molecule has 2 N–H and O–H groups in total. The minimum Gasteiger partial charge on any atom is -0.481 e. The molecule has 1 aliphatic rings. The molecule has 0 saturated heterocycles. The number of ether oxygens (including phenoxy) is 1. The lowest BCUT2D eigenvalue weighted by atomic mass is 9.98. The van der Waals surface area contributed by atoms with Crippen LogP contribution in [0.4, 0.5) is 10.5 Å². The Kier molecular flexibility index (Phi) is 6.12. The fourth-order valence-electron chi connectivity index (χ4n) is 4.21. The molecular weight excluding hydrogens is 404 g/mol. The fraction of sp³-hybridized carbons (Fsp3) is 0.231. The van der Waals surface area contributed by atoms with E-state index in [1.165, 1.54) is 0 Å². The van der Waals surface area contributed by atoms with Crippen molar-refractivity contribution < 1.29 is 19.4 Å². The highest BCUT2D eigenvalue weighted by molar-refractivity contribution is 5.79. The second-order valence-electron chi connectivity index (χ2n) is 8.11. The average Bonchev–Trinajstić information content (AvgIpc) is 3.11. The normalized spacial score (nSPS) is 13.1. The molecule has 0 radical (unpaired) electrons. The highest BCUT2D eigenvalue weighted by Crippen LogP contribution is 2.44. The van der Waals surface area contributed by atoms with Gasteiger partial charge in [0.15, 0.2) is 0 Å². The van der Waals surface area contributed by atoms with Gasteiger partial charge in [0.2, 0.25) is 0 Å². The van der Waals surface area contributed by atoms with E-state index in [-0.39, 0.29) is 18.9 Å². The van der Waals surface area contributed by atoms with E-state index in [4.69, 9.17) is 4.74 Å². The van der Waals surface area contributed by atoms with Crippen LogP contribution in [0, 0.1) is 0 Å². The molecule has 0 unspecified atom stereocenters. The van der Waals surface area contributed by atoms with E-state index in [0.717, 1.165) is 27.9 Å². The topological polar surface area (TPSA) is 78.9 Å². The molecule has 0 heterocycles. The average molecular weight is 431 g/mol. The number of nitrogens with zero attached hydrogens (tertiary/aromatic N) is 1. The number of fused-ring (bicyclic) bond motifs is 3. The van der Waals surface area contributed by atoms with Crippen LogP contribution in [0.3, 0.4) is 0 Å². The number of nitrogens with one attached hydrogen (secondary N) is 1. The molecule has 0 saturated carbocycles. The summed E-state index contributed by atoms with van der Waals surface area (Å²) < 4.78 is 5.58.